The molecule has 6 nitrogen and oxygen atoms in total. The molecule has 1 heterocycles. The highest BCUT2D eigenvalue weighted by Gasteiger charge is 2.29. The van der Waals surface area contributed by atoms with Crippen LogP contribution in [0.2, 0.25) is 0 Å². The number of carbonyl (C=O) groups is 2. The van der Waals surface area contributed by atoms with Crippen molar-refractivity contribution in [3.05, 3.63) is 64.7 Å². The van der Waals surface area contributed by atoms with Crippen molar-refractivity contribution < 1.29 is 19.4 Å². The number of carboxylic acid groups (broad SMARTS) is 1. The minimum atomic E-state index is -1.26. The third-order valence-corrected chi connectivity index (χ3v) is 5.83. The molecule has 166 valence electrons. The van der Waals surface area contributed by atoms with Crippen LogP contribution in [-0.2, 0) is 17.8 Å². The molecule has 3 rings (SSSR count). The monoisotopic (exact) mass is 424 g/mol. The van der Waals surface area contributed by atoms with Gasteiger partial charge in [-0.25, -0.2) is 9.59 Å². The zero-order valence-corrected chi connectivity index (χ0v) is 18.8. The van der Waals surface area contributed by atoms with E-state index in [0.29, 0.717) is 12.3 Å². The van der Waals surface area contributed by atoms with E-state index in [1.165, 1.54) is 25.0 Å². The lowest BCUT2D eigenvalue weighted by Gasteiger charge is -2.21. The van der Waals surface area contributed by atoms with Gasteiger partial charge in [-0.1, -0.05) is 30.3 Å². The van der Waals surface area contributed by atoms with Gasteiger partial charge >= 0.3 is 12.0 Å². The van der Waals surface area contributed by atoms with Gasteiger partial charge in [0.25, 0.3) is 0 Å². The first kappa shape index (κ1) is 22.7. The normalized spacial score (nSPS) is 16.3. The smallest absolute Gasteiger partial charge is 0.347 e. The molecule has 0 aromatic heterocycles. The molecule has 1 atom stereocenters. The maximum atomic E-state index is 12.3. The van der Waals surface area contributed by atoms with Gasteiger partial charge in [0.2, 0.25) is 0 Å². The summed E-state index contributed by atoms with van der Waals surface area (Å²) in [6, 6.07) is 14.1. The van der Waals surface area contributed by atoms with Crippen LogP contribution >= 0.6 is 0 Å². The van der Waals surface area contributed by atoms with Crippen LogP contribution in [0.1, 0.15) is 48.9 Å². The van der Waals surface area contributed by atoms with E-state index < -0.39 is 11.6 Å². The lowest BCUT2D eigenvalue weighted by Crippen LogP contribution is -2.37. The number of carboxylic acids is 1. The summed E-state index contributed by atoms with van der Waals surface area (Å²) < 4.78 is 5.54. The van der Waals surface area contributed by atoms with Crippen LogP contribution in [0.5, 0.6) is 5.75 Å². The van der Waals surface area contributed by atoms with Crippen LogP contribution < -0.4 is 10.1 Å². The highest BCUT2D eigenvalue weighted by molar-refractivity contribution is 5.77. The summed E-state index contributed by atoms with van der Waals surface area (Å²) in [5, 5.41) is 12.3. The van der Waals surface area contributed by atoms with E-state index in [4.69, 9.17) is 9.84 Å². The number of hydrogen-bond donors (Lipinski definition) is 2. The molecule has 2 aromatic carbocycles. The van der Waals surface area contributed by atoms with Crippen molar-refractivity contribution in [1.82, 2.24) is 10.2 Å². The van der Waals surface area contributed by atoms with Crippen LogP contribution in [0, 0.1) is 13.8 Å². The summed E-state index contributed by atoms with van der Waals surface area (Å²) in [7, 11) is 0. The number of benzene rings is 2. The summed E-state index contributed by atoms with van der Waals surface area (Å²) in [4.78, 5) is 25.4. The third kappa shape index (κ3) is 6.00. The maximum absolute atomic E-state index is 12.3. The Labute approximate surface area is 184 Å². The third-order valence-electron chi connectivity index (χ3n) is 5.83. The Morgan fingerprint density at radius 2 is 1.81 bits per heavy atom. The zero-order valence-electron chi connectivity index (χ0n) is 18.8. The summed E-state index contributed by atoms with van der Waals surface area (Å²) in [5.41, 5.74) is 3.57. The second-order valence-corrected chi connectivity index (χ2v) is 8.90. The second-order valence-electron chi connectivity index (χ2n) is 8.90. The Morgan fingerprint density at radius 1 is 1.13 bits per heavy atom. The number of aryl methyl sites for hydroxylation is 3. The van der Waals surface area contributed by atoms with Crippen molar-refractivity contribution >= 4 is 12.0 Å². The van der Waals surface area contributed by atoms with Crippen molar-refractivity contribution in [2.24, 2.45) is 0 Å². The predicted octanol–water partition coefficient (Wildman–Crippen LogP) is 4.46. The number of urea groups is 1. The molecule has 0 spiro atoms. The minimum Gasteiger partial charge on any atom is -0.478 e. The number of rotatable bonds is 9. The molecule has 1 aliphatic rings. The largest absolute Gasteiger partial charge is 0.478 e. The van der Waals surface area contributed by atoms with Gasteiger partial charge in [-0.3, -0.25) is 0 Å². The van der Waals surface area contributed by atoms with Gasteiger partial charge in [0.1, 0.15) is 5.75 Å². The quantitative estimate of drug-likeness (QED) is 0.623. The molecule has 2 amide bonds. The maximum Gasteiger partial charge on any atom is 0.347 e. The van der Waals surface area contributed by atoms with Crippen LogP contribution in [0.25, 0.3) is 0 Å². The fourth-order valence-corrected chi connectivity index (χ4v) is 3.70. The van der Waals surface area contributed by atoms with Gasteiger partial charge < -0.3 is 20.1 Å². The first-order valence-electron chi connectivity index (χ1n) is 10.8. The zero-order chi connectivity index (χ0) is 22.6. The summed E-state index contributed by atoms with van der Waals surface area (Å²) >= 11 is 0. The number of nitrogens with zero attached hydrogens (tertiary/aromatic N) is 1. The molecule has 31 heavy (non-hydrogen) atoms. The molecule has 0 radical (unpaired) electrons. The average molecular weight is 425 g/mol. The highest BCUT2D eigenvalue weighted by atomic mass is 16.5. The van der Waals surface area contributed by atoms with Crippen molar-refractivity contribution in [3.8, 4) is 5.75 Å². The Balaban J connectivity index is 1.45. The Kier molecular flexibility index (Phi) is 6.88. The Bertz CT molecular complexity index is 937. The van der Waals surface area contributed by atoms with Crippen LogP contribution in [0.3, 0.4) is 0 Å². The SMILES string of the molecule is Cc1ccc(CN2CC(CCCc3ccc(OC(C)(C)C(=O)O)cc3)NC2=O)cc1C. The van der Waals surface area contributed by atoms with Crippen molar-refractivity contribution in [3.63, 3.8) is 0 Å². The summed E-state index contributed by atoms with van der Waals surface area (Å²) in [6.07, 6.45) is 2.77. The van der Waals surface area contributed by atoms with Crippen molar-refractivity contribution in [2.45, 2.75) is 65.1 Å². The molecule has 0 saturated carbocycles. The first-order chi connectivity index (χ1) is 14.6. The van der Waals surface area contributed by atoms with E-state index in [0.717, 1.165) is 36.9 Å². The van der Waals surface area contributed by atoms with E-state index in [-0.39, 0.29) is 12.1 Å². The van der Waals surface area contributed by atoms with E-state index in [1.807, 2.05) is 29.2 Å². The Hall–Kier alpha value is -3.02. The van der Waals surface area contributed by atoms with Gasteiger partial charge in [0, 0.05) is 19.1 Å². The van der Waals surface area contributed by atoms with Crippen molar-refractivity contribution in [1.29, 1.82) is 0 Å². The molecule has 1 aliphatic heterocycles. The molecule has 0 aliphatic carbocycles. The van der Waals surface area contributed by atoms with Crippen LogP contribution in [0.15, 0.2) is 42.5 Å². The molecule has 2 aromatic rings. The summed E-state index contributed by atoms with van der Waals surface area (Å²) in [6.45, 7) is 8.61. The molecule has 2 N–H and O–H groups in total. The lowest BCUT2D eigenvalue weighted by molar-refractivity contribution is -0.152. The second kappa shape index (κ2) is 9.41. The van der Waals surface area contributed by atoms with Gasteiger partial charge in [-0.2, -0.15) is 0 Å². The fraction of sp³-hybridized carbons (Fsp3) is 0.440. The van der Waals surface area contributed by atoms with Gasteiger partial charge in [0.15, 0.2) is 5.60 Å². The van der Waals surface area contributed by atoms with Crippen LogP contribution in [-0.4, -0.2) is 40.2 Å². The number of hydrogen-bond acceptors (Lipinski definition) is 3. The summed E-state index contributed by atoms with van der Waals surface area (Å²) in [5.74, 6) is -0.456. The molecule has 6 heteroatoms. The molecular weight excluding hydrogens is 392 g/mol. The molecule has 1 saturated heterocycles. The number of ether oxygens (including phenoxy) is 1. The highest BCUT2D eigenvalue weighted by Crippen LogP contribution is 2.21. The van der Waals surface area contributed by atoms with E-state index >= 15 is 0 Å². The number of aliphatic carboxylic acids is 1. The minimum absolute atomic E-state index is 0.00535. The lowest BCUT2D eigenvalue weighted by atomic mass is 10.0. The fourth-order valence-electron chi connectivity index (χ4n) is 3.70. The van der Waals surface area contributed by atoms with Gasteiger partial charge in [-0.15, -0.1) is 0 Å². The molecular formula is C25H32N2O4. The first-order valence-corrected chi connectivity index (χ1v) is 10.8. The topological polar surface area (TPSA) is 78.9 Å². The molecule has 1 unspecified atom stereocenters. The van der Waals surface area contributed by atoms with E-state index in [2.05, 4.69) is 37.4 Å². The predicted molar refractivity (Wildman–Crippen MR) is 120 cm³/mol. The Morgan fingerprint density at radius 3 is 2.45 bits per heavy atom. The standard InChI is InChI=1S/C25H32N2O4/c1-17-8-9-20(14-18(17)2)15-27-16-21(26-24(27)30)7-5-6-19-10-12-22(13-11-19)31-25(3,4)23(28)29/h8-14,21H,5-7,15-16H2,1-4H3,(H,26,30)(H,28,29). The van der Waals surface area contributed by atoms with E-state index in [1.54, 1.807) is 0 Å². The average Bonchev–Trinajstić information content (AvgIpc) is 3.05. The van der Waals surface area contributed by atoms with Gasteiger partial charge in [-0.05, 0) is 81.3 Å². The number of amides is 2. The number of nitrogens with one attached hydrogen (secondary N) is 1. The molecule has 1 fully saturated rings. The molecule has 0 bridgehead atoms. The van der Waals surface area contributed by atoms with E-state index in [9.17, 15) is 9.59 Å². The number of carbonyl (C=O) groups excluding carboxylic acids is 1. The van der Waals surface area contributed by atoms with Crippen LogP contribution in [0.4, 0.5) is 4.79 Å². The van der Waals surface area contributed by atoms with Crippen molar-refractivity contribution in [2.75, 3.05) is 6.54 Å². The van der Waals surface area contributed by atoms with Gasteiger partial charge in [0.05, 0.1) is 0 Å².